The third-order valence-corrected chi connectivity index (χ3v) is 4.95. The molecular formula is C17H27BrN2. The summed E-state index contributed by atoms with van der Waals surface area (Å²) in [5.41, 5.74) is 8.73. The van der Waals surface area contributed by atoms with Crippen molar-refractivity contribution in [3.05, 3.63) is 28.2 Å². The quantitative estimate of drug-likeness (QED) is 0.856. The lowest BCUT2D eigenvalue weighted by Crippen LogP contribution is -2.26. The van der Waals surface area contributed by atoms with E-state index in [2.05, 4.69) is 59.8 Å². The minimum absolute atomic E-state index is 0.426. The predicted molar refractivity (Wildman–Crippen MR) is 91.0 cm³/mol. The molecule has 1 fully saturated rings. The van der Waals surface area contributed by atoms with Crippen LogP contribution >= 0.6 is 15.9 Å². The summed E-state index contributed by atoms with van der Waals surface area (Å²) < 4.78 is 1.13. The number of rotatable bonds is 2. The minimum Gasteiger partial charge on any atom is -0.371 e. The summed E-state index contributed by atoms with van der Waals surface area (Å²) in [4.78, 5) is 2.52. The Bertz CT molecular complexity index is 451. The van der Waals surface area contributed by atoms with Crippen molar-refractivity contribution in [2.24, 2.45) is 17.1 Å². The molecule has 20 heavy (non-hydrogen) atoms. The van der Waals surface area contributed by atoms with Gasteiger partial charge in [0.1, 0.15) is 0 Å². The minimum atomic E-state index is 0.426. The van der Waals surface area contributed by atoms with Crippen molar-refractivity contribution in [3.63, 3.8) is 0 Å². The van der Waals surface area contributed by atoms with E-state index < -0.39 is 0 Å². The summed E-state index contributed by atoms with van der Waals surface area (Å²) in [7, 11) is 0. The molecule has 0 saturated carbocycles. The van der Waals surface area contributed by atoms with Crippen LogP contribution in [0, 0.1) is 11.3 Å². The van der Waals surface area contributed by atoms with Crippen molar-refractivity contribution in [2.45, 2.75) is 46.6 Å². The average Bonchev–Trinajstić information content (AvgIpc) is 2.63. The Morgan fingerprint density at radius 1 is 1.20 bits per heavy atom. The van der Waals surface area contributed by atoms with Gasteiger partial charge in [0.05, 0.1) is 0 Å². The van der Waals surface area contributed by atoms with Gasteiger partial charge < -0.3 is 10.6 Å². The second-order valence-corrected chi connectivity index (χ2v) is 7.92. The number of nitrogens with zero attached hydrogens (tertiary/aromatic N) is 1. The summed E-state index contributed by atoms with van der Waals surface area (Å²) in [5, 5.41) is 0. The molecule has 3 heteroatoms. The SMILES string of the molecule is CC(C)(C)C1CCCN(c2cc(Br)cc(CN)c2)CC1. The van der Waals surface area contributed by atoms with E-state index >= 15 is 0 Å². The molecule has 0 radical (unpaired) electrons. The molecular weight excluding hydrogens is 312 g/mol. The first-order valence-electron chi connectivity index (χ1n) is 7.64. The Morgan fingerprint density at radius 3 is 2.60 bits per heavy atom. The van der Waals surface area contributed by atoms with Gasteiger partial charge in [-0.25, -0.2) is 0 Å². The lowest BCUT2D eigenvalue weighted by atomic mass is 9.77. The number of halogens is 1. The zero-order chi connectivity index (χ0) is 14.8. The Kier molecular flexibility index (Phi) is 5.14. The molecule has 112 valence electrons. The zero-order valence-electron chi connectivity index (χ0n) is 13.0. The van der Waals surface area contributed by atoms with Crippen LogP contribution in [-0.4, -0.2) is 13.1 Å². The van der Waals surface area contributed by atoms with Gasteiger partial charge in [-0.2, -0.15) is 0 Å². The molecule has 0 amide bonds. The number of nitrogens with two attached hydrogens (primary N) is 1. The first-order valence-corrected chi connectivity index (χ1v) is 8.44. The number of benzene rings is 1. The highest BCUT2D eigenvalue weighted by molar-refractivity contribution is 9.10. The van der Waals surface area contributed by atoms with Crippen LogP contribution in [0.15, 0.2) is 22.7 Å². The Balaban J connectivity index is 2.12. The van der Waals surface area contributed by atoms with Crippen molar-refractivity contribution in [1.82, 2.24) is 0 Å². The smallest absolute Gasteiger partial charge is 0.0380 e. The molecule has 1 aromatic carbocycles. The van der Waals surface area contributed by atoms with E-state index in [1.54, 1.807) is 0 Å². The summed E-state index contributed by atoms with van der Waals surface area (Å²) in [5.74, 6) is 0.827. The fraction of sp³-hybridized carbons (Fsp3) is 0.647. The van der Waals surface area contributed by atoms with Crippen molar-refractivity contribution in [1.29, 1.82) is 0 Å². The highest BCUT2D eigenvalue weighted by atomic mass is 79.9. The van der Waals surface area contributed by atoms with Gasteiger partial charge in [-0.3, -0.25) is 0 Å². The first kappa shape index (κ1) is 15.8. The lowest BCUT2D eigenvalue weighted by molar-refractivity contribution is 0.220. The third kappa shape index (κ3) is 3.98. The van der Waals surface area contributed by atoms with Gasteiger partial charge in [0.15, 0.2) is 0 Å². The maximum absolute atomic E-state index is 5.79. The molecule has 1 aliphatic heterocycles. The van der Waals surface area contributed by atoms with Gasteiger partial charge in [0, 0.05) is 29.8 Å². The number of anilines is 1. The molecule has 2 N–H and O–H groups in total. The van der Waals surface area contributed by atoms with E-state index in [9.17, 15) is 0 Å². The zero-order valence-corrected chi connectivity index (χ0v) is 14.5. The Morgan fingerprint density at radius 2 is 1.95 bits per heavy atom. The lowest BCUT2D eigenvalue weighted by Gasteiger charge is -2.30. The van der Waals surface area contributed by atoms with Crippen LogP contribution < -0.4 is 10.6 Å². The van der Waals surface area contributed by atoms with Gasteiger partial charge in [-0.1, -0.05) is 36.7 Å². The third-order valence-electron chi connectivity index (χ3n) is 4.50. The molecule has 2 rings (SSSR count). The van der Waals surface area contributed by atoms with Crippen molar-refractivity contribution in [3.8, 4) is 0 Å². The normalized spacial score (nSPS) is 20.9. The predicted octanol–water partition coefficient (Wildman–Crippen LogP) is 4.56. The topological polar surface area (TPSA) is 29.3 Å². The Hall–Kier alpha value is -0.540. The van der Waals surface area contributed by atoms with Gasteiger partial charge in [-0.15, -0.1) is 0 Å². The molecule has 2 nitrogen and oxygen atoms in total. The molecule has 0 aliphatic carbocycles. The van der Waals surface area contributed by atoms with Gasteiger partial charge in [0.2, 0.25) is 0 Å². The molecule has 1 saturated heterocycles. The van der Waals surface area contributed by atoms with E-state index in [4.69, 9.17) is 5.73 Å². The largest absolute Gasteiger partial charge is 0.371 e. The molecule has 1 atom stereocenters. The Labute approximate surface area is 131 Å². The summed E-state index contributed by atoms with van der Waals surface area (Å²) in [6.07, 6.45) is 3.91. The van der Waals surface area contributed by atoms with Crippen LogP contribution in [0.2, 0.25) is 0 Å². The fourth-order valence-corrected chi connectivity index (χ4v) is 3.68. The van der Waals surface area contributed by atoms with E-state index in [1.807, 2.05) is 0 Å². The molecule has 0 spiro atoms. The maximum Gasteiger partial charge on any atom is 0.0380 e. The van der Waals surface area contributed by atoms with Gasteiger partial charge >= 0.3 is 0 Å². The van der Waals surface area contributed by atoms with Crippen LogP contribution in [-0.2, 0) is 6.54 Å². The average molecular weight is 339 g/mol. The molecule has 1 unspecified atom stereocenters. The first-order chi connectivity index (χ1) is 9.40. The van der Waals surface area contributed by atoms with Gasteiger partial charge in [0.25, 0.3) is 0 Å². The molecule has 1 heterocycles. The molecule has 1 aliphatic rings. The molecule has 0 aromatic heterocycles. The number of hydrogen-bond donors (Lipinski definition) is 1. The van der Waals surface area contributed by atoms with Crippen LogP contribution in [0.5, 0.6) is 0 Å². The summed E-state index contributed by atoms with van der Waals surface area (Å²) in [6, 6.07) is 6.57. The standard InChI is InChI=1S/C17H27BrN2/c1-17(2,3)14-5-4-7-20(8-6-14)16-10-13(12-19)9-15(18)11-16/h9-11,14H,4-8,12,19H2,1-3H3. The van der Waals surface area contributed by atoms with E-state index in [-0.39, 0.29) is 0 Å². The van der Waals surface area contributed by atoms with Crippen LogP contribution in [0.1, 0.15) is 45.6 Å². The van der Waals surface area contributed by atoms with Crippen LogP contribution in [0.25, 0.3) is 0 Å². The van der Waals surface area contributed by atoms with Crippen LogP contribution in [0.3, 0.4) is 0 Å². The second kappa shape index (κ2) is 6.48. The summed E-state index contributed by atoms with van der Waals surface area (Å²) >= 11 is 3.60. The fourth-order valence-electron chi connectivity index (χ4n) is 3.15. The highest BCUT2D eigenvalue weighted by Crippen LogP contribution is 2.35. The summed E-state index contributed by atoms with van der Waals surface area (Å²) in [6.45, 7) is 10.0. The van der Waals surface area contributed by atoms with E-state index in [0.717, 1.165) is 23.5 Å². The van der Waals surface area contributed by atoms with Crippen molar-refractivity contribution < 1.29 is 0 Å². The highest BCUT2D eigenvalue weighted by Gasteiger charge is 2.27. The monoisotopic (exact) mass is 338 g/mol. The van der Waals surface area contributed by atoms with E-state index in [1.165, 1.54) is 30.5 Å². The van der Waals surface area contributed by atoms with Crippen molar-refractivity contribution >= 4 is 21.6 Å². The second-order valence-electron chi connectivity index (χ2n) is 7.00. The van der Waals surface area contributed by atoms with Crippen LogP contribution in [0.4, 0.5) is 5.69 Å². The van der Waals surface area contributed by atoms with Crippen molar-refractivity contribution in [2.75, 3.05) is 18.0 Å². The molecule has 1 aromatic rings. The van der Waals surface area contributed by atoms with Gasteiger partial charge in [-0.05, 0) is 54.4 Å². The van der Waals surface area contributed by atoms with E-state index in [0.29, 0.717) is 12.0 Å². The maximum atomic E-state index is 5.79. The molecule has 0 bridgehead atoms. The number of hydrogen-bond acceptors (Lipinski definition) is 2.